The number of esters is 1. The summed E-state index contributed by atoms with van der Waals surface area (Å²) in [4.78, 5) is 25.3. The summed E-state index contributed by atoms with van der Waals surface area (Å²) in [7, 11) is 0. The van der Waals surface area contributed by atoms with Crippen molar-refractivity contribution in [1.82, 2.24) is 0 Å². The smallest absolute Gasteiger partial charge is 0.341 e. The Balaban J connectivity index is 1.95. The van der Waals surface area contributed by atoms with Crippen molar-refractivity contribution in [2.45, 2.75) is 6.92 Å². The van der Waals surface area contributed by atoms with Gasteiger partial charge in [-0.05, 0) is 48.4 Å². The summed E-state index contributed by atoms with van der Waals surface area (Å²) in [5, 5.41) is 23.2. The molecule has 2 aromatic carbocycles. The Labute approximate surface area is 181 Å². The van der Waals surface area contributed by atoms with E-state index in [0.29, 0.717) is 16.7 Å². The van der Waals surface area contributed by atoms with Crippen LogP contribution >= 0.6 is 11.3 Å². The normalized spacial score (nSPS) is 10.9. The number of amides is 1. The van der Waals surface area contributed by atoms with Crippen LogP contribution < -0.4 is 5.32 Å². The van der Waals surface area contributed by atoms with Gasteiger partial charge < -0.3 is 15.2 Å². The molecule has 3 aromatic rings. The molecule has 2 N–H and O–H groups in total. The molecule has 1 amide bonds. The number of benzene rings is 2. The van der Waals surface area contributed by atoms with Gasteiger partial charge in [0.05, 0.1) is 6.61 Å². The largest absolute Gasteiger partial charge is 0.508 e. The van der Waals surface area contributed by atoms with Gasteiger partial charge in [-0.1, -0.05) is 24.3 Å². The van der Waals surface area contributed by atoms with E-state index in [9.17, 15) is 24.3 Å². The average Bonchev–Trinajstić information content (AvgIpc) is 3.17. The number of carbonyl (C=O) groups excluding carboxylic acids is 2. The van der Waals surface area contributed by atoms with Crippen LogP contribution in [0.1, 0.15) is 22.8 Å². The van der Waals surface area contributed by atoms with Crippen molar-refractivity contribution in [1.29, 1.82) is 5.26 Å². The first-order valence-electron chi connectivity index (χ1n) is 9.19. The average molecular weight is 436 g/mol. The van der Waals surface area contributed by atoms with Crippen molar-refractivity contribution < 1.29 is 23.8 Å². The maximum absolute atomic E-state index is 13.3. The maximum atomic E-state index is 13.3. The first kappa shape index (κ1) is 21.7. The van der Waals surface area contributed by atoms with Crippen molar-refractivity contribution in [2.75, 3.05) is 11.9 Å². The number of phenols is 1. The monoisotopic (exact) mass is 436 g/mol. The van der Waals surface area contributed by atoms with E-state index in [2.05, 4.69) is 5.32 Å². The highest BCUT2D eigenvalue weighted by atomic mass is 32.1. The van der Waals surface area contributed by atoms with Gasteiger partial charge in [0.25, 0.3) is 5.91 Å². The van der Waals surface area contributed by atoms with Crippen LogP contribution in [0.25, 0.3) is 17.2 Å². The Bertz CT molecular complexity index is 1180. The number of anilines is 1. The van der Waals surface area contributed by atoms with Gasteiger partial charge in [0.1, 0.15) is 33.8 Å². The molecule has 31 heavy (non-hydrogen) atoms. The lowest BCUT2D eigenvalue weighted by Crippen LogP contribution is -2.16. The highest BCUT2D eigenvalue weighted by molar-refractivity contribution is 7.15. The predicted octanol–water partition coefficient (Wildman–Crippen LogP) is 4.98. The van der Waals surface area contributed by atoms with E-state index in [4.69, 9.17) is 4.74 Å². The van der Waals surface area contributed by atoms with Crippen LogP contribution in [0.2, 0.25) is 0 Å². The summed E-state index contributed by atoms with van der Waals surface area (Å²) in [6.45, 7) is 1.80. The molecule has 0 aliphatic heterocycles. The number of hydrogen-bond donors (Lipinski definition) is 2. The van der Waals surface area contributed by atoms with Gasteiger partial charge in [0.15, 0.2) is 0 Å². The first-order valence-corrected chi connectivity index (χ1v) is 10.1. The van der Waals surface area contributed by atoms with Crippen LogP contribution in [0, 0.1) is 17.1 Å². The molecule has 0 atom stereocenters. The molecule has 0 fully saturated rings. The lowest BCUT2D eigenvalue weighted by atomic mass is 10.0. The Morgan fingerprint density at radius 2 is 1.87 bits per heavy atom. The lowest BCUT2D eigenvalue weighted by Gasteiger charge is -2.08. The van der Waals surface area contributed by atoms with Crippen LogP contribution in [0.15, 0.2) is 59.5 Å². The molecule has 0 saturated carbocycles. The third-order valence-electron chi connectivity index (χ3n) is 4.22. The van der Waals surface area contributed by atoms with E-state index in [-0.39, 0.29) is 28.5 Å². The third-order valence-corrected chi connectivity index (χ3v) is 5.12. The second kappa shape index (κ2) is 9.69. The fourth-order valence-electron chi connectivity index (χ4n) is 2.75. The summed E-state index contributed by atoms with van der Waals surface area (Å²) in [6.07, 6.45) is 1.37. The lowest BCUT2D eigenvalue weighted by molar-refractivity contribution is -0.112. The van der Waals surface area contributed by atoms with Crippen molar-refractivity contribution in [2.24, 2.45) is 0 Å². The number of carbonyl (C=O) groups is 2. The van der Waals surface area contributed by atoms with Crippen LogP contribution in [0.3, 0.4) is 0 Å². The minimum Gasteiger partial charge on any atom is -0.508 e. The van der Waals surface area contributed by atoms with Crippen LogP contribution in [-0.4, -0.2) is 23.6 Å². The maximum Gasteiger partial charge on any atom is 0.341 e. The van der Waals surface area contributed by atoms with E-state index < -0.39 is 17.7 Å². The highest BCUT2D eigenvalue weighted by Gasteiger charge is 2.23. The molecular formula is C23H17FN2O4S. The standard InChI is InChI=1S/C23H17FN2O4S/c1-2-30-23(29)20-19(15-5-7-17(24)8-6-15)13-31-22(20)26-21(28)16(12-25)11-14-3-9-18(27)10-4-14/h3-11,13,27H,2H2,1H3,(H,26,28). The molecule has 6 nitrogen and oxygen atoms in total. The molecule has 0 saturated heterocycles. The third kappa shape index (κ3) is 5.15. The number of ether oxygens (including phenoxy) is 1. The summed E-state index contributed by atoms with van der Waals surface area (Å²) < 4.78 is 18.4. The second-order valence-electron chi connectivity index (χ2n) is 6.30. The Morgan fingerprint density at radius 3 is 2.48 bits per heavy atom. The number of aromatic hydroxyl groups is 1. The van der Waals surface area contributed by atoms with E-state index in [1.54, 1.807) is 24.4 Å². The van der Waals surface area contributed by atoms with E-state index in [1.165, 1.54) is 42.5 Å². The first-order chi connectivity index (χ1) is 14.9. The molecule has 8 heteroatoms. The van der Waals surface area contributed by atoms with E-state index >= 15 is 0 Å². The summed E-state index contributed by atoms with van der Waals surface area (Å²) in [5.41, 5.74) is 1.57. The molecule has 0 unspecified atom stereocenters. The number of nitriles is 1. The fourth-order valence-corrected chi connectivity index (χ4v) is 3.71. The number of nitrogens with zero attached hydrogens (tertiary/aromatic N) is 1. The second-order valence-corrected chi connectivity index (χ2v) is 7.18. The van der Waals surface area contributed by atoms with Crippen molar-refractivity contribution in [3.63, 3.8) is 0 Å². The molecule has 0 spiro atoms. The number of nitrogens with one attached hydrogen (secondary N) is 1. The van der Waals surface area contributed by atoms with E-state index in [1.807, 2.05) is 6.07 Å². The van der Waals surface area contributed by atoms with Crippen LogP contribution in [0.4, 0.5) is 9.39 Å². The fraction of sp³-hybridized carbons (Fsp3) is 0.0870. The minimum absolute atomic E-state index is 0.0612. The van der Waals surface area contributed by atoms with Crippen molar-refractivity contribution >= 4 is 34.3 Å². The van der Waals surface area contributed by atoms with Gasteiger partial charge >= 0.3 is 5.97 Å². The van der Waals surface area contributed by atoms with Gasteiger partial charge in [-0.2, -0.15) is 5.26 Å². The molecular weight excluding hydrogens is 419 g/mol. The van der Waals surface area contributed by atoms with Gasteiger partial charge in [0.2, 0.25) is 0 Å². The SMILES string of the molecule is CCOC(=O)c1c(-c2ccc(F)cc2)csc1NC(=O)C(C#N)=Cc1ccc(O)cc1. The predicted molar refractivity (Wildman–Crippen MR) is 116 cm³/mol. The number of rotatable bonds is 6. The summed E-state index contributed by atoms with van der Waals surface area (Å²) in [6, 6.07) is 13.4. The molecule has 3 rings (SSSR count). The number of halogens is 1. The topological polar surface area (TPSA) is 99.4 Å². The Morgan fingerprint density at radius 1 is 1.19 bits per heavy atom. The zero-order chi connectivity index (χ0) is 22.4. The zero-order valence-electron chi connectivity index (χ0n) is 16.4. The Hall–Kier alpha value is -3.96. The van der Waals surface area contributed by atoms with Gasteiger partial charge in [-0.25, -0.2) is 9.18 Å². The van der Waals surface area contributed by atoms with Crippen LogP contribution in [-0.2, 0) is 9.53 Å². The molecule has 0 bridgehead atoms. The van der Waals surface area contributed by atoms with Gasteiger partial charge in [-0.3, -0.25) is 4.79 Å². The number of thiophene rings is 1. The molecule has 0 radical (unpaired) electrons. The van der Waals surface area contributed by atoms with Crippen molar-refractivity contribution in [3.8, 4) is 22.9 Å². The van der Waals surface area contributed by atoms with Crippen molar-refractivity contribution in [3.05, 3.63) is 76.4 Å². The molecule has 0 aliphatic rings. The number of phenolic OH excluding ortho intramolecular Hbond substituents is 1. The Kier molecular flexibility index (Phi) is 6.80. The minimum atomic E-state index is -0.700. The summed E-state index contributed by atoms with van der Waals surface area (Å²) in [5.74, 6) is -1.69. The van der Waals surface area contributed by atoms with Crippen LogP contribution in [0.5, 0.6) is 5.75 Å². The zero-order valence-corrected chi connectivity index (χ0v) is 17.2. The molecule has 0 aliphatic carbocycles. The summed E-state index contributed by atoms with van der Waals surface area (Å²) >= 11 is 1.10. The van der Waals surface area contributed by atoms with E-state index in [0.717, 1.165) is 11.3 Å². The molecule has 156 valence electrons. The molecule has 1 aromatic heterocycles. The molecule has 1 heterocycles. The highest BCUT2D eigenvalue weighted by Crippen LogP contribution is 2.36. The number of hydrogen-bond acceptors (Lipinski definition) is 6. The quantitative estimate of drug-likeness (QED) is 0.322. The van der Waals surface area contributed by atoms with Gasteiger partial charge in [-0.15, -0.1) is 11.3 Å². The van der Waals surface area contributed by atoms with Gasteiger partial charge in [0, 0.05) is 10.9 Å².